The molecule has 1 amide bonds. The van der Waals surface area contributed by atoms with E-state index < -0.39 is 17.9 Å². The number of thioether (sulfide) groups is 1. The van der Waals surface area contributed by atoms with Crippen LogP contribution in [0.2, 0.25) is 0 Å². The number of aryl methyl sites for hydroxylation is 2. The molecule has 2 aromatic carbocycles. The van der Waals surface area contributed by atoms with E-state index in [-0.39, 0.29) is 6.10 Å². The number of carbonyl (C=O) groups excluding carboxylic acids is 1. The summed E-state index contributed by atoms with van der Waals surface area (Å²) in [6, 6.07) is 16.4. The van der Waals surface area contributed by atoms with E-state index in [1.807, 2.05) is 81.1 Å². The Morgan fingerprint density at radius 1 is 1.03 bits per heavy atom. The van der Waals surface area contributed by atoms with Crippen molar-refractivity contribution in [3.05, 3.63) is 82.8 Å². The number of carboxylic acids is 1. The third kappa shape index (κ3) is 9.90. The van der Waals surface area contributed by atoms with E-state index >= 15 is 0 Å². The standard InChI is InChI=1S/C29H35NO5.C3H8S/c1-5-9-22-14-16-27(35-22)20(4)34-18-21-13-15-24(28(31)30-26(10-6-2)29(32)33)25(17-21)23-12-8-7-11-19(23)3;1-3-4-2/h7-8,11-17,20,26H,5-6,9-10,18H2,1-4H3,(H,30,31)(H,32,33);3H2,1-2H3. The number of aliphatic carboxylic acids is 1. The third-order valence-electron chi connectivity index (χ3n) is 6.31. The molecule has 1 heterocycles. The van der Waals surface area contributed by atoms with Crippen LogP contribution in [0.25, 0.3) is 11.1 Å². The number of benzene rings is 2. The zero-order chi connectivity index (χ0) is 28.8. The van der Waals surface area contributed by atoms with Crippen molar-refractivity contribution in [1.29, 1.82) is 0 Å². The first-order valence-electron chi connectivity index (χ1n) is 13.7. The van der Waals surface area contributed by atoms with Crippen molar-refractivity contribution in [2.75, 3.05) is 12.0 Å². The van der Waals surface area contributed by atoms with Gasteiger partial charge in [-0.05, 0) is 85.2 Å². The Hall–Kier alpha value is -3.03. The highest BCUT2D eigenvalue weighted by Crippen LogP contribution is 2.29. The summed E-state index contributed by atoms with van der Waals surface area (Å²) in [6.45, 7) is 10.4. The Morgan fingerprint density at radius 3 is 2.36 bits per heavy atom. The molecular formula is C32H43NO5S. The van der Waals surface area contributed by atoms with Crippen molar-refractivity contribution < 1.29 is 23.8 Å². The lowest BCUT2D eigenvalue weighted by molar-refractivity contribution is -0.139. The summed E-state index contributed by atoms with van der Waals surface area (Å²) in [6.07, 6.45) is 4.84. The molecule has 0 fully saturated rings. The number of ether oxygens (including phenoxy) is 1. The summed E-state index contributed by atoms with van der Waals surface area (Å²) in [7, 11) is 0. The second-order valence-electron chi connectivity index (χ2n) is 9.43. The van der Waals surface area contributed by atoms with Crippen LogP contribution >= 0.6 is 11.8 Å². The van der Waals surface area contributed by atoms with Gasteiger partial charge in [-0.25, -0.2) is 4.79 Å². The molecule has 1 aromatic heterocycles. The van der Waals surface area contributed by atoms with Crippen LogP contribution in [0.4, 0.5) is 0 Å². The van der Waals surface area contributed by atoms with E-state index in [2.05, 4.69) is 25.4 Å². The van der Waals surface area contributed by atoms with Crippen LogP contribution in [0, 0.1) is 6.92 Å². The van der Waals surface area contributed by atoms with Crippen LogP contribution in [0.15, 0.2) is 59.0 Å². The molecule has 0 saturated carbocycles. The Kier molecular flexibility index (Phi) is 13.9. The van der Waals surface area contributed by atoms with Gasteiger partial charge in [0, 0.05) is 12.0 Å². The molecule has 0 aliphatic rings. The van der Waals surface area contributed by atoms with Gasteiger partial charge in [0.1, 0.15) is 23.7 Å². The lowest BCUT2D eigenvalue weighted by Crippen LogP contribution is -2.40. The SMILES string of the molecule is CCCc1ccc(C(C)OCc2ccc(C(=O)NC(CCC)C(=O)O)c(-c3ccccc3C)c2)o1.CCSC. The van der Waals surface area contributed by atoms with Gasteiger partial charge in [-0.15, -0.1) is 0 Å². The predicted octanol–water partition coefficient (Wildman–Crippen LogP) is 7.84. The van der Waals surface area contributed by atoms with Gasteiger partial charge in [0.05, 0.1) is 6.61 Å². The molecule has 6 nitrogen and oxygen atoms in total. The molecule has 2 atom stereocenters. The summed E-state index contributed by atoms with van der Waals surface area (Å²) in [5, 5.41) is 12.2. The van der Waals surface area contributed by atoms with Gasteiger partial charge < -0.3 is 19.6 Å². The Balaban J connectivity index is 0.00000124. The second kappa shape index (κ2) is 16.8. The van der Waals surface area contributed by atoms with Gasteiger partial charge in [0.25, 0.3) is 5.91 Å². The van der Waals surface area contributed by atoms with Gasteiger partial charge in [-0.3, -0.25) is 4.79 Å². The smallest absolute Gasteiger partial charge is 0.326 e. The van der Waals surface area contributed by atoms with Crippen LogP contribution in [0.3, 0.4) is 0 Å². The minimum Gasteiger partial charge on any atom is -0.480 e. The van der Waals surface area contributed by atoms with Crippen molar-refractivity contribution in [2.45, 2.75) is 79.1 Å². The number of furan rings is 1. The molecule has 0 spiro atoms. The molecule has 0 aliphatic heterocycles. The van der Waals surface area contributed by atoms with E-state index in [4.69, 9.17) is 9.15 Å². The molecule has 3 rings (SSSR count). The summed E-state index contributed by atoms with van der Waals surface area (Å²) in [5.41, 5.74) is 4.04. The molecule has 7 heteroatoms. The zero-order valence-corrected chi connectivity index (χ0v) is 24.9. The molecule has 212 valence electrons. The number of hydrogen-bond acceptors (Lipinski definition) is 5. The van der Waals surface area contributed by atoms with E-state index in [0.29, 0.717) is 25.0 Å². The van der Waals surface area contributed by atoms with Gasteiger partial charge in [0.15, 0.2) is 0 Å². The first-order valence-corrected chi connectivity index (χ1v) is 15.1. The second-order valence-corrected chi connectivity index (χ2v) is 10.6. The Labute approximate surface area is 237 Å². The van der Waals surface area contributed by atoms with Crippen LogP contribution in [-0.4, -0.2) is 35.0 Å². The maximum atomic E-state index is 13.1. The quantitative estimate of drug-likeness (QED) is 0.224. The van der Waals surface area contributed by atoms with Crippen molar-refractivity contribution in [3.8, 4) is 11.1 Å². The third-order valence-corrected chi connectivity index (χ3v) is 6.89. The molecule has 0 aliphatic carbocycles. The largest absolute Gasteiger partial charge is 0.480 e. The lowest BCUT2D eigenvalue weighted by Gasteiger charge is -2.18. The van der Waals surface area contributed by atoms with Crippen molar-refractivity contribution in [2.24, 2.45) is 0 Å². The molecule has 2 N–H and O–H groups in total. The lowest BCUT2D eigenvalue weighted by atomic mass is 9.93. The van der Waals surface area contributed by atoms with Gasteiger partial charge >= 0.3 is 5.97 Å². The molecule has 3 aromatic rings. The van der Waals surface area contributed by atoms with E-state index in [1.54, 1.807) is 6.07 Å². The van der Waals surface area contributed by atoms with Crippen molar-refractivity contribution >= 4 is 23.6 Å². The highest BCUT2D eigenvalue weighted by atomic mass is 32.2. The first kappa shape index (κ1) is 32.2. The van der Waals surface area contributed by atoms with Crippen LogP contribution in [0.1, 0.15) is 86.1 Å². The fourth-order valence-corrected chi connectivity index (χ4v) is 4.06. The summed E-state index contributed by atoms with van der Waals surface area (Å²) in [5.74, 6) is 1.55. The molecule has 2 unspecified atom stereocenters. The normalized spacial score (nSPS) is 12.3. The van der Waals surface area contributed by atoms with Crippen LogP contribution in [-0.2, 0) is 22.6 Å². The summed E-state index contributed by atoms with van der Waals surface area (Å²) >= 11 is 1.86. The average Bonchev–Trinajstić information content (AvgIpc) is 3.40. The first-order chi connectivity index (χ1) is 18.7. The maximum absolute atomic E-state index is 13.1. The van der Waals surface area contributed by atoms with Gasteiger partial charge in [-0.1, -0.05) is 57.5 Å². The fraction of sp³-hybridized carbons (Fsp3) is 0.438. The van der Waals surface area contributed by atoms with Crippen LogP contribution < -0.4 is 5.32 Å². The number of nitrogens with one attached hydrogen (secondary N) is 1. The number of carboxylic acid groups (broad SMARTS) is 1. The number of carbonyl (C=O) groups is 2. The zero-order valence-electron chi connectivity index (χ0n) is 24.1. The van der Waals surface area contributed by atoms with E-state index in [0.717, 1.165) is 46.6 Å². The van der Waals surface area contributed by atoms with Crippen molar-refractivity contribution in [1.82, 2.24) is 5.32 Å². The minimum absolute atomic E-state index is 0.212. The van der Waals surface area contributed by atoms with E-state index in [1.165, 1.54) is 5.75 Å². The average molecular weight is 554 g/mol. The Morgan fingerprint density at radius 2 is 1.74 bits per heavy atom. The van der Waals surface area contributed by atoms with Crippen LogP contribution in [0.5, 0.6) is 0 Å². The number of rotatable bonds is 13. The fourth-order valence-electron chi connectivity index (χ4n) is 4.06. The summed E-state index contributed by atoms with van der Waals surface area (Å²) < 4.78 is 12.0. The van der Waals surface area contributed by atoms with Crippen molar-refractivity contribution in [3.63, 3.8) is 0 Å². The molecule has 0 saturated heterocycles. The predicted molar refractivity (Wildman–Crippen MR) is 160 cm³/mol. The van der Waals surface area contributed by atoms with Gasteiger partial charge in [-0.2, -0.15) is 11.8 Å². The van der Waals surface area contributed by atoms with Gasteiger partial charge in [0.2, 0.25) is 0 Å². The molecule has 39 heavy (non-hydrogen) atoms. The highest BCUT2D eigenvalue weighted by Gasteiger charge is 2.22. The monoisotopic (exact) mass is 553 g/mol. The maximum Gasteiger partial charge on any atom is 0.326 e. The summed E-state index contributed by atoms with van der Waals surface area (Å²) in [4.78, 5) is 24.7. The molecular weight excluding hydrogens is 510 g/mol. The Bertz CT molecular complexity index is 1190. The molecule has 0 radical (unpaired) electrons. The molecule has 0 bridgehead atoms. The topological polar surface area (TPSA) is 88.8 Å². The van der Waals surface area contributed by atoms with E-state index in [9.17, 15) is 14.7 Å². The highest BCUT2D eigenvalue weighted by molar-refractivity contribution is 7.98. The number of hydrogen-bond donors (Lipinski definition) is 2. The number of amides is 1. The minimum atomic E-state index is -1.03.